The summed E-state index contributed by atoms with van der Waals surface area (Å²) < 4.78 is 2.40. The lowest BCUT2D eigenvalue weighted by Crippen LogP contribution is -1.94. The van der Waals surface area contributed by atoms with E-state index in [0.717, 1.165) is 0 Å². The van der Waals surface area contributed by atoms with E-state index >= 15 is 0 Å². The van der Waals surface area contributed by atoms with Crippen LogP contribution in [0, 0.1) is 0 Å². The van der Waals surface area contributed by atoms with Crippen LogP contribution in [-0.2, 0) is 0 Å². The Morgan fingerprint density at radius 2 is 0.744 bits per heavy atom. The Bertz CT molecular complexity index is 2190. The lowest BCUT2D eigenvalue weighted by atomic mass is 10.1. The Labute approximate surface area is 224 Å². The highest BCUT2D eigenvalue weighted by Crippen LogP contribution is 2.37. The SMILES string of the molecule is c1ccc2c(c1)[nH]c1cccc(-n3c4ccccc4c4ccccc43)c12.c1ccc2c(c1)[nH]c1ccccc12. The minimum absolute atomic E-state index is 1.17. The van der Waals surface area contributed by atoms with Crippen molar-refractivity contribution in [1.82, 2.24) is 14.5 Å². The van der Waals surface area contributed by atoms with Crippen LogP contribution in [0.15, 0.2) is 140 Å². The van der Waals surface area contributed by atoms with Crippen molar-refractivity contribution < 1.29 is 0 Å². The van der Waals surface area contributed by atoms with Crippen molar-refractivity contribution in [2.75, 3.05) is 0 Å². The molecule has 0 radical (unpaired) electrons. The van der Waals surface area contributed by atoms with E-state index in [9.17, 15) is 0 Å². The summed E-state index contributed by atoms with van der Waals surface area (Å²) in [7, 11) is 0. The number of fused-ring (bicyclic) bond motifs is 9. The van der Waals surface area contributed by atoms with Gasteiger partial charge in [-0.2, -0.15) is 0 Å². The summed E-state index contributed by atoms with van der Waals surface area (Å²) in [4.78, 5) is 6.94. The Balaban J connectivity index is 0.000000151. The van der Waals surface area contributed by atoms with Crippen LogP contribution in [0.2, 0.25) is 0 Å². The number of aromatic amines is 2. The molecule has 9 rings (SSSR count). The van der Waals surface area contributed by atoms with E-state index in [2.05, 4.69) is 154 Å². The molecule has 0 spiro atoms. The van der Waals surface area contributed by atoms with Crippen LogP contribution in [-0.4, -0.2) is 14.5 Å². The van der Waals surface area contributed by atoms with E-state index in [1.807, 2.05) is 0 Å². The summed E-state index contributed by atoms with van der Waals surface area (Å²) in [6.45, 7) is 0. The van der Waals surface area contributed by atoms with Crippen LogP contribution in [0.1, 0.15) is 0 Å². The van der Waals surface area contributed by atoms with Crippen molar-refractivity contribution in [3.05, 3.63) is 140 Å². The monoisotopic (exact) mass is 499 g/mol. The van der Waals surface area contributed by atoms with Gasteiger partial charge in [-0.3, -0.25) is 0 Å². The van der Waals surface area contributed by atoms with Crippen molar-refractivity contribution in [2.24, 2.45) is 0 Å². The zero-order valence-corrected chi connectivity index (χ0v) is 21.2. The molecule has 9 aromatic rings. The molecule has 0 fully saturated rings. The molecule has 0 aliphatic carbocycles. The van der Waals surface area contributed by atoms with Gasteiger partial charge in [-0.25, -0.2) is 0 Å². The van der Waals surface area contributed by atoms with Gasteiger partial charge in [-0.15, -0.1) is 0 Å². The molecule has 3 nitrogen and oxygen atoms in total. The van der Waals surface area contributed by atoms with Gasteiger partial charge in [0.15, 0.2) is 0 Å². The maximum Gasteiger partial charge on any atom is 0.0562 e. The standard InChI is InChI=1S/C24H16N2.C12H9N/c1-4-11-19-18(10-1)24-20(25-19)12-7-15-23(24)26-21-13-5-2-8-16(21)17-9-3-6-14-22(17)26;1-3-7-11-9(5-1)10-6-2-4-8-12(10)13-11/h1-15,25H;1-8,13H. The Morgan fingerprint density at radius 3 is 1.33 bits per heavy atom. The molecular formula is C36H25N3. The topological polar surface area (TPSA) is 36.5 Å². The molecule has 0 atom stereocenters. The van der Waals surface area contributed by atoms with E-state index < -0.39 is 0 Å². The largest absolute Gasteiger partial charge is 0.355 e. The highest BCUT2D eigenvalue weighted by molar-refractivity contribution is 6.15. The van der Waals surface area contributed by atoms with Gasteiger partial charge < -0.3 is 14.5 Å². The number of nitrogens with one attached hydrogen (secondary N) is 2. The van der Waals surface area contributed by atoms with Crippen molar-refractivity contribution in [2.45, 2.75) is 0 Å². The quantitative estimate of drug-likeness (QED) is 0.226. The summed E-state index contributed by atoms with van der Waals surface area (Å²) in [5.41, 5.74) is 8.48. The van der Waals surface area contributed by atoms with Gasteiger partial charge in [-0.05, 0) is 42.5 Å². The molecule has 184 valence electrons. The molecule has 0 unspecified atom stereocenters. The molecule has 0 saturated carbocycles. The second kappa shape index (κ2) is 8.64. The maximum absolute atomic E-state index is 3.56. The molecular weight excluding hydrogens is 474 g/mol. The van der Waals surface area contributed by atoms with Crippen molar-refractivity contribution in [1.29, 1.82) is 0 Å². The highest BCUT2D eigenvalue weighted by Gasteiger charge is 2.15. The van der Waals surface area contributed by atoms with E-state index in [4.69, 9.17) is 0 Å². The van der Waals surface area contributed by atoms with Crippen LogP contribution in [0.5, 0.6) is 0 Å². The summed E-state index contributed by atoms with van der Waals surface area (Å²) in [5.74, 6) is 0. The molecule has 0 aliphatic heterocycles. The summed E-state index contributed by atoms with van der Waals surface area (Å²) in [5, 5.41) is 7.73. The van der Waals surface area contributed by atoms with Gasteiger partial charge in [0.1, 0.15) is 0 Å². The minimum atomic E-state index is 1.17. The summed E-state index contributed by atoms with van der Waals surface area (Å²) >= 11 is 0. The summed E-state index contributed by atoms with van der Waals surface area (Å²) in [6, 6.07) is 49.1. The number of aromatic nitrogens is 3. The molecule has 0 bridgehead atoms. The molecule has 39 heavy (non-hydrogen) atoms. The van der Waals surface area contributed by atoms with Gasteiger partial charge in [0.25, 0.3) is 0 Å². The van der Waals surface area contributed by atoms with E-state index in [1.165, 1.54) is 71.1 Å². The average molecular weight is 500 g/mol. The van der Waals surface area contributed by atoms with Crippen molar-refractivity contribution >= 4 is 65.4 Å². The average Bonchev–Trinajstić information content (AvgIpc) is 3.67. The zero-order valence-electron chi connectivity index (χ0n) is 21.2. The summed E-state index contributed by atoms with van der Waals surface area (Å²) in [6.07, 6.45) is 0. The highest BCUT2D eigenvalue weighted by atomic mass is 15.0. The first-order valence-corrected chi connectivity index (χ1v) is 13.3. The maximum atomic E-state index is 3.56. The number of para-hydroxylation sites is 5. The van der Waals surface area contributed by atoms with Crippen LogP contribution >= 0.6 is 0 Å². The van der Waals surface area contributed by atoms with Gasteiger partial charge >= 0.3 is 0 Å². The lowest BCUT2D eigenvalue weighted by Gasteiger charge is -2.10. The van der Waals surface area contributed by atoms with Crippen molar-refractivity contribution in [3.63, 3.8) is 0 Å². The number of hydrogen-bond acceptors (Lipinski definition) is 0. The molecule has 0 saturated heterocycles. The molecule has 3 heteroatoms. The smallest absolute Gasteiger partial charge is 0.0562 e. The normalized spacial score (nSPS) is 11.6. The lowest BCUT2D eigenvalue weighted by molar-refractivity contribution is 1.20. The third-order valence-electron chi connectivity index (χ3n) is 7.74. The number of nitrogens with zero attached hydrogens (tertiary/aromatic N) is 1. The predicted molar refractivity (Wildman–Crippen MR) is 166 cm³/mol. The minimum Gasteiger partial charge on any atom is -0.355 e. The first-order chi connectivity index (χ1) is 19.4. The number of benzene rings is 6. The fourth-order valence-corrected chi connectivity index (χ4v) is 6.05. The van der Waals surface area contributed by atoms with Gasteiger partial charge in [0.05, 0.1) is 16.7 Å². The molecule has 3 aromatic heterocycles. The second-order valence-corrected chi connectivity index (χ2v) is 9.96. The van der Waals surface area contributed by atoms with E-state index in [1.54, 1.807) is 0 Å². The molecule has 3 heterocycles. The van der Waals surface area contributed by atoms with E-state index in [-0.39, 0.29) is 0 Å². The zero-order chi connectivity index (χ0) is 25.8. The van der Waals surface area contributed by atoms with Crippen molar-refractivity contribution in [3.8, 4) is 5.69 Å². The van der Waals surface area contributed by atoms with Crippen LogP contribution in [0.4, 0.5) is 0 Å². The van der Waals surface area contributed by atoms with Gasteiger partial charge in [-0.1, -0.05) is 97.1 Å². The van der Waals surface area contributed by atoms with Gasteiger partial charge in [0, 0.05) is 54.4 Å². The van der Waals surface area contributed by atoms with Gasteiger partial charge in [0.2, 0.25) is 0 Å². The fourth-order valence-electron chi connectivity index (χ4n) is 6.05. The Hall–Kier alpha value is -5.28. The first-order valence-electron chi connectivity index (χ1n) is 13.3. The molecule has 0 aliphatic rings. The third-order valence-corrected chi connectivity index (χ3v) is 7.74. The molecule has 6 aromatic carbocycles. The molecule has 0 amide bonds. The number of hydrogen-bond donors (Lipinski definition) is 2. The molecule has 2 N–H and O–H groups in total. The fraction of sp³-hybridized carbons (Fsp3) is 0. The first kappa shape index (κ1) is 21.8. The van der Waals surface area contributed by atoms with Crippen LogP contribution in [0.3, 0.4) is 0 Å². The van der Waals surface area contributed by atoms with Crippen LogP contribution in [0.25, 0.3) is 71.1 Å². The Kier molecular flexibility index (Phi) is 4.82. The number of rotatable bonds is 1. The third kappa shape index (κ3) is 3.37. The van der Waals surface area contributed by atoms with Crippen LogP contribution < -0.4 is 0 Å². The number of H-pyrrole nitrogens is 2. The van der Waals surface area contributed by atoms with E-state index in [0.29, 0.717) is 0 Å². The predicted octanol–water partition coefficient (Wildman–Crippen LogP) is 9.74. The Morgan fingerprint density at radius 1 is 0.333 bits per heavy atom. The second-order valence-electron chi connectivity index (χ2n) is 9.96.